The van der Waals surface area contributed by atoms with E-state index < -0.39 is 22.0 Å². The van der Waals surface area contributed by atoms with E-state index >= 15 is 0 Å². The van der Waals surface area contributed by atoms with Crippen LogP contribution in [0.1, 0.15) is 22.4 Å². The van der Waals surface area contributed by atoms with E-state index in [1.165, 1.54) is 23.5 Å². The van der Waals surface area contributed by atoms with Gasteiger partial charge in [0, 0.05) is 22.7 Å². The Morgan fingerprint density at radius 2 is 1.59 bits per heavy atom. The van der Waals surface area contributed by atoms with E-state index in [9.17, 15) is 13.2 Å². The number of benzene rings is 2. The molecule has 0 saturated carbocycles. The van der Waals surface area contributed by atoms with Crippen molar-refractivity contribution in [3.05, 3.63) is 64.4 Å². The van der Waals surface area contributed by atoms with Gasteiger partial charge >= 0.3 is 0 Å². The van der Waals surface area contributed by atoms with Crippen LogP contribution in [0.4, 0.5) is 5.69 Å². The number of hydrogen-bond donors (Lipinski definition) is 1. The summed E-state index contributed by atoms with van der Waals surface area (Å²) >= 11 is 1.50. The fraction of sp³-hybridized carbons (Fsp3) is 0.227. The van der Waals surface area contributed by atoms with Crippen molar-refractivity contribution in [3.8, 4) is 17.2 Å². The molecule has 0 radical (unpaired) electrons. The molecule has 1 saturated heterocycles. The molecule has 168 valence electrons. The SMILES string of the molecule is COc1cc(OC)c([C@H]2[C@H](c3cccs3)C(=O)N2c2ccc(S(N)(=O)=O)cc2)c(OC)c1. The number of anilines is 1. The molecule has 10 heteroatoms. The first-order valence-electron chi connectivity index (χ1n) is 9.59. The summed E-state index contributed by atoms with van der Waals surface area (Å²) in [6.45, 7) is 0. The Balaban J connectivity index is 1.86. The number of rotatable bonds is 7. The van der Waals surface area contributed by atoms with E-state index in [4.69, 9.17) is 19.3 Å². The lowest BCUT2D eigenvalue weighted by atomic mass is 9.80. The van der Waals surface area contributed by atoms with Crippen molar-refractivity contribution in [2.75, 3.05) is 26.2 Å². The highest BCUT2D eigenvalue weighted by atomic mass is 32.2. The summed E-state index contributed by atoms with van der Waals surface area (Å²) in [5.74, 6) is 1.05. The van der Waals surface area contributed by atoms with Gasteiger partial charge in [-0.1, -0.05) is 6.07 Å². The van der Waals surface area contributed by atoms with Gasteiger partial charge in [-0.05, 0) is 35.7 Å². The number of ether oxygens (including phenoxy) is 3. The standard InChI is InChI=1S/C22H22N2O6S2/c1-28-14-11-16(29-2)19(17(12-14)30-3)21-20(18-5-4-10-31-18)22(25)24(21)13-6-8-15(9-7-13)32(23,26)27/h4-12,20-21H,1-3H3,(H2,23,26,27)/t20-,21-/m0/s1. The number of β-lactam (4-membered cyclic amide) rings is 1. The van der Waals surface area contributed by atoms with Gasteiger partial charge in [0.2, 0.25) is 15.9 Å². The van der Waals surface area contributed by atoms with Crippen molar-refractivity contribution in [2.45, 2.75) is 16.9 Å². The van der Waals surface area contributed by atoms with E-state index in [1.807, 2.05) is 17.5 Å². The van der Waals surface area contributed by atoms with Crippen molar-refractivity contribution in [1.82, 2.24) is 0 Å². The number of primary sulfonamides is 1. The number of nitrogens with two attached hydrogens (primary N) is 1. The molecule has 1 aliphatic heterocycles. The van der Waals surface area contributed by atoms with Crippen LogP contribution < -0.4 is 24.2 Å². The maximum atomic E-state index is 13.3. The lowest BCUT2D eigenvalue weighted by molar-refractivity contribution is -0.126. The average Bonchev–Trinajstić information content (AvgIpc) is 3.30. The third-order valence-corrected chi connectivity index (χ3v) is 7.32. The third-order valence-electron chi connectivity index (χ3n) is 5.44. The molecule has 0 aliphatic carbocycles. The lowest BCUT2D eigenvalue weighted by Crippen LogP contribution is -2.53. The summed E-state index contributed by atoms with van der Waals surface area (Å²) < 4.78 is 39.9. The van der Waals surface area contributed by atoms with Crippen molar-refractivity contribution in [3.63, 3.8) is 0 Å². The first-order chi connectivity index (χ1) is 15.3. The predicted molar refractivity (Wildman–Crippen MR) is 121 cm³/mol. The van der Waals surface area contributed by atoms with Crippen LogP contribution in [0.15, 0.2) is 58.8 Å². The predicted octanol–water partition coefficient (Wildman–Crippen LogP) is 3.29. The van der Waals surface area contributed by atoms with Gasteiger partial charge in [0.05, 0.1) is 43.7 Å². The molecule has 1 aromatic heterocycles. The fourth-order valence-electron chi connectivity index (χ4n) is 3.94. The molecule has 2 atom stereocenters. The molecule has 3 aromatic rings. The zero-order chi connectivity index (χ0) is 23.0. The van der Waals surface area contributed by atoms with Crippen molar-refractivity contribution in [2.24, 2.45) is 5.14 Å². The van der Waals surface area contributed by atoms with Crippen LogP contribution in [-0.2, 0) is 14.8 Å². The molecule has 1 amide bonds. The van der Waals surface area contributed by atoms with Crippen LogP contribution in [0.25, 0.3) is 0 Å². The van der Waals surface area contributed by atoms with Crippen LogP contribution in [0.3, 0.4) is 0 Å². The van der Waals surface area contributed by atoms with E-state index in [1.54, 1.807) is 50.5 Å². The molecule has 32 heavy (non-hydrogen) atoms. The Morgan fingerprint density at radius 3 is 2.06 bits per heavy atom. The first-order valence-corrected chi connectivity index (χ1v) is 12.0. The molecule has 2 N–H and O–H groups in total. The Bertz CT molecular complexity index is 1210. The Labute approximate surface area is 190 Å². The normalized spacial score (nSPS) is 18.2. The second-order valence-electron chi connectivity index (χ2n) is 7.13. The second-order valence-corrected chi connectivity index (χ2v) is 9.67. The van der Waals surface area contributed by atoms with Crippen LogP contribution >= 0.6 is 11.3 Å². The van der Waals surface area contributed by atoms with Crippen molar-refractivity contribution in [1.29, 1.82) is 0 Å². The maximum Gasteiger partial charge on any atom is 0.238 e. The largest absolute Gasteiger partial charge is 0.496 e. The van der Waals surface area contributed by atoms with Crippen molar-refractivity contribution < 1.29 is 27.4 Å². The molecule has 0 spiro atoms. The Morgan fingerprint density at radius 1 is 0.969 bits per heavy atom. The van der Waals surface area contributed by atoms with Gasteiger partial charge in [-0.25, -0.2) is 13.6 Å². The zero-order valence-corrected chi connectivity index (χ0v) is 19.3. The fourth-order valence-corrected chi connectivity index (χ4v) is 5.30. The smallest absolute Gasteiger partial charge is 0.238 e. The highest BCUT2D eigenvalue weighted by Gasteiger charge is 2.52. The van der Waals surface area contributed by atoms with Gasteiger partial charge in [0.15, 0.2) is 0 Å². The summed E-state index contributed by atoms with van der Waals surface area (Å²) in [7, 11) is 0.796. The quantitative estimate of drug-likeness (QED) is 0.527. The van der Waals surface area contributed by atoms with Gasteiger partial charge in [0.1, 0.15) is 17.2 Å². The molecular weight excluding hydrogens is 452 g/mol. The highest BCUT2D eigenvalue weighted by molar-refractivity contribution is 7.89. The third kappa shape index (κ3) is 3.70. The van der Waals surface area contributed by atoms with Gasteiger partial charge in [-0.15, -0.1) is 11.3 Å². The molecule has 0 bridgehead atoms. The number of carbonyl (C=O) groups excluding carboxylic acids is 1. The first kappa shape index (κ1) is 22.1. The maximum absolute atomic E-state index is 13.3. The molecule has 8 nitrogen and oxygen atoms in total. The van der Waals surface area contributed by atoms with Crippen LogP contribution in [-0.4, -0.2) is 35.7 Å². The molecule has 4 rings (SSSR count). The highest BCUT2D eigenvalue weighted by Crippen LogP contribution is 2.55. The minimum absolute atomic E-state index is 0.0276. The molecule has 0 unspecified atom stereocenters. The van der Waals surface area contributed by atoms with E-state index in [0.717, 1.165) is 4.88 Å². The summed E-state index contributed by atoms with van der Waals surface area (Å²) in [6, 6.07) is 12.8. The van der Waals surface area contributed by atoms with Gasteiger partial charge in [-0.3, -0.25) is 4.79 Å². The number of hydrogen-bond acceptors (Lipinski definition) is 7. The lowest BCUT2D eigenvalue weighted by Gasteiger charge is -2.47. The van der Waals surface area contributed by atoms with Crippen molar-refractivity contribution >= 4 is 33.0 Å². The number of amides is 1. The Hall–Kier alpha value is -3.08. The topological polar surface area (TPSA) is 108 Å². The number of sulfonamides is 1. The van der Waals surface area contributed by atoms with E-state index in [0.29, 0.717) is 28.5 Å². The average molecular weight is 475 g/mol. The van der Waals surface area contributed by atoms with Gasteiger partial charge in [-0.2, -0.15) is 0 Å². The second kappa shape index (κ2) is 8.45. The molecule has 1 aliphatic rings. The van der Waals surface area contributed by atoms with Crippen LogP contribution in [0, 0.1) is 0 Å². The van der Waals surface area contributed by atoms with Crippen LogP contribution in [0.2, 0.25) is 0 Å². The minimum atomic E-state index is -3.84. The summed E-state index contributed by atoms with van der Waals surface area (Å²) in [5, 5.41) is 7.13. The van der Waals surface area contributed by atoms with E-state index in [-0.39, 0.29) is 10.8 Å². The monoisotopic (exact) mass is 474 g/mol. The van der Waals surface area contributed by atoms with E-state index in [2.05, 4.69) is 0 Å². The minimum Gasteiger partial charge on any atom is -0.496 e. The number of thiophene rings is 1. The molecule has 1 fully saturated rings. The number of nitrogens with zero attached hydrogens (tertiary/aromatic N) is 1. The summed E-state index contributed by atoms with van der Waals surface area (Å²) in [6.07, 6.45) is 0. The molecule has 2 heterocycles. The van der Waals surface area contributed by atoms with Gasteiger partial charge in [0.25, 0.3) is 0 Å². The van der Waals surface area contributed by atoms with Gasteiger partial charge < -0.3 is 19.1 Å². The summed E-state index contributed by atoms with van der Waals surface area (Å²) in [5.41, 5.74) is 1.24. The molecule has 2 aromatic carbocycles. The van der Waals surface area contributed by atoms with Crippen LogP contribution in [0.5, 0.6) is 17.2 Å². The number of methoxy groups -OCH3 is 3. The Kier molecular flexibility index (Phi) is 5.85. The molecular formula is C22H22N2O6S2. The summed E-state index contributed by atoms with van der Waals surface area (Å²) in [4.78, 5) is 15.8. The zero-order valence-electron chi connectivity index (χ0n) is 17.6. The number of carbonyl (C=O) groups is 1.